The molecule has 1 heterocycles. The lowest BCUT2D eigenvalue weighted by Gasteiger charge is -2.44. The Kier molecular flexibility index (Phi) is 13.3. The summed E-state index contributed by atoms with van der Waals surface area (Å²) in [5, 5.41) is 1.47. The van der Waals surface area contributed by atoms with E-state index < -0.39 is 8.07 Å². The number of methoxy groups -OCH3 is 1. The highest BCUT2D eigenvalue weighted by molar-refractivity contribution is 6.91. The largest absolute Gasteiger partial charge is 0.469 e. The smallest absolute Gasteiger partial charge is 0.305 e. The van der Waals surface area contributed by atoms with Gasteiger partial charge in [0.25, 0.3) is 0 Å². The number of hydrogen-bond acceptors (Lipinski definition) is 5. The average Bonchev–Trinajstić information content (AvgIpc) is 3.39. The normalized spacial score (nSPS) is 28.5. The van der Waals surface area contributed by atoms with Crippen molar-refractivity contribution < 1.29 is 23.8 Å². The second kappa shape index (κ2) is 16.9. The van der Waals surface area contributed by atoms with Crippen LogP contribution in [-0.2, 0) is 23.8 Å². The van der Waals surface area contributed by atoms with E-state index in [9.17, 15) is 9.59 Å². The molecule has 6 heteroatoms. The highest BCUT2D eigenvalue weighted by atomic mass is 28.3. The Morgan fingerprint density at radius 1 is 1.11 bits per heavy atom. The fourth-order valence-corrected chi connectivity index (χ4v) is 11.4. The Morgan fingerprint density at radius 2 is 1.91 bits per heavy atom. The minimum atomic E-state index is -1.93. The van der Waals surface area contributed by atoms with Crippen LogP contribution >= 0.6 is 0 Å². The van der Waals surface area contributed by atoms with Gasteiger partial charge in [0.1, 0.15) is 5.78 Å². The molecule has 7 atom stereocenters. The molecular weight excluding hydrogens is 564 g/mol. The number of fused-ring (bicyclic) bond motifs is 1. The lowest BCUT2D eigenvalue weighted by Crippen LogP contribution is -2.49. The maximum atomic E-state index is 14.2. The van der Waals surface area contributed by atoms with Crippen LogP contribution in [0, 0.1) is 35.5 Å². The predicted molar refractivity (Wildman–Crippen MR) is 180 cm³/mol. The molecule has 0 amide bonds. The van der Waals surface area contributed by atoms with Crippen LogP contribution in [0.4, 0.5) is 0 Å². The summed E-state index contributed by atoms with van der Waals surface area (Å²) in [4.78, 5) is 26.0. The lowest BCUT2D eigenvalue weighted by atomic mass is 9.73. The van der Waals surface area contributed by atoms with Crippen LogP contribution in [-0.4, -0.2) is 45.9 Å². The van der Waals surface area contributed by atoms with Crippen LogP contribution in [0.25, 0.3) is 0 Å². The van der Waals surface area contributed by atoms with Gasteiger partial charge in [-0.25, -0.2) is 0 Å². The minimum Gasteiger partial charge on any atom is -0.469 e. The number of allylic oxidation sites excluding steroid dienone is 2. The van der Waals surface area contributed by atoms with Crippen molar-refractivity contribution in [1.29, 1.82) is 0 Å². The van der Waals surface area contributed by atoms with Gasteiger partial charge in [0.15, 0.2) is 6.29 Å². The summed E-state index contributed by atoms with van der Waals surface area (Å²) in [7, 11) is -0.466. The molecule has 1 saturated heterocycles. The van der Waals surface area contributed by atoms with Crippen LogP contribution < -0.4 is 5.19 Å². The topological polar surface area (TPSA) is 61.8 Å². The van der Waals surface area contributed by atoms with Crippen LogP contribution in [0.3, 0.4) is 0 Å². The highest BCUT2D eigenvalue weighted by Gasteiger charge is 2.53. The first-order chi connectivity index (χ1) is 21.2. The molecular formula is C38H56O5Si. The number of esters is 1. The number of rotatable bonds is 13. The Morgan fingerprint density at radius 3 is 2.61 bits per heavy atom. The second-order valence-corrected chi connectivity index (χ2v) is 18.7. The number of unbranched alkanes of at least 4 members (excludes halogenated alkanes) is 1. The summed E-state index contributed by atoms with van der Waals surface area (Å²) >= 11 is 0. The lowest BCUT2D eigenvalue weighted by molar-refractivity contribution is -0.196. The quantitative estimate of drug-likeness (QED) is 0.0736. The van der Waals surface area contributed by atoms with Crippen molar-refractivity contribution in [2.75, 3.05) is 13.7 Å². The second-order valence-electron chi connectivity index (χ2n) is 14.0. The molecule has 44 heavy (non-hydrogen) atoms. The van der Waals surface area contributed by atoms with E-state index in [0.29, 0.717) is 41.9 Å². The Labute approximate surface area is 267 Å². The van der Waals surface area contributed by atoms with Gasteiger partial charge in [0.2, 0.25) is 0 Å². The first kappa shape index (κ1) is 34.7. The third-order valence-electron chi connectivity index (χ3n) is 10.5. The van der Waals surface area contributed by atoms with Gasteiger partial charge in [-0.1, -0.05) is 74.1 Å². The molecule has 1 aliphatic heterocycles. The van der Waals surface area contributed by atoms with E-state index in [1.165, 1.54) is 12.3 Å². The van der Waals surface area contributed by atoms with E-state index in [1.807, 2.05) is 0 Å². The van der Waals surface area contributed by atoms with E-state index >= 15 is 0 Å². The molecule has 1 aromatic carbocycles. The first-order valence-electron chi connectivity index (χ1n) is 17.3. The maximum Gasteiger partial charge on any atom is 0.305 e. The van der Waals surface area contributed by atoms with Gasteiger partial charge in [0, 0.05) is 38.2 Å². The van der Waals surface area contributed by atoms with Gasteiger partial charge in [0.05, 0.1) is 21.3 Å². The van der Waals surface area contributed by atoms with Crippen molar-refractivity contribution in [3.05, 3.63) is 42.0 Å². The molecule has 0 spiro atoms. The zero-order valence-corrected chi connectivity index (χ0v) is 28.9. The average molecular weight is 621 g/mol. The minimum absolute atomic E-state index is 0.0663. The molecule has 1 aromatic rings. The fourth-order valence-electron chi connectivity index (χ4n) is 7.95. The maximum absolute atomic E-state index is 14.2. The molecule has 3 fully saturated rings. The van der Waals surface area contributed by atoms with E-state index in [0.717, 1.165) is 77.2 Å². The third kappa shape index (κ3) is 9.18. The fraction of sp³-hybridized carbons (Fsp3) is 0.684. The van der Waals surface area contributed by atoms with Crippen molar-refractivity contribution in [3.63, 3.8) is 0 Å². The molecule has 5 nitrogen and oxygen atoms in total. The molecule has 0 aromatic heterocycles. The van der Waals surface area contributed by atoms with E-state index in [1.54, 1.807) is 5.57 Å². The summed E-state index contributed by atoms with van der Waals surface area (Å²) in [6.07, 6.45) is 13.7. The number of ether oxygens (including phenoxy) is 3. The number of benzene rings is 1. The Hall–Kier alpha value is -2.20. The SMILES string of the molecule is CCC#CCC(C)CCC(=O)[C@H]1[C@H]2C[C@@H]([Si](C)(C)c3ccccc3)C(=CCCCC(=O)OC)C[C@@H]2C[C@H]1OC1CCCCO1. The Balaban J connectivity index is 1.58. The first-order valence-corrected chi connectivity index (χ1v) is 20.4. The van der Waals surface area contributed by atoms with Gasteiger partial charge in [-0.2, -0.15) is 0 Å². The number of carbonyl (C=O) groups excluding carboxylic acids is 2. The summed E-state index contributed by atoms with van der Waals surface area (Å²) in [6, 6.07) is 11.0. The molecule has 2 aliphatic carbocycles. The molecule has 2 unspecified atom stereocenters. The summed E-state index contributed by atoms with van der Waals surface area (Å²) in [6.45, 7) is 10.1. The van der Waals surface area contributed by atoms with E-state index in [2.05, 4.69) is 75.2 Å². The summed E-state index contributed by atoms with van der Waals surface area (Å²) < 4.78 is 17.6. The van der Waals surface area contributed by atoms with Crippen LogP contribution in [0.15, 0.2) is 42.0 Å². The van der Waals surface area contributed by atoms with Gasteiger partial charge in [-0.15, -0.1) is 11.8 Å². The zero-order chi connectivity index (χ0) is 31.5. The van der Waals surface area contributed by atoms with Crippen molar-refractivity contribution in [3.8, 4) is 11.8 Å². The van der Waals surface area contributed by atoms with Crippen molar-refractivity contribution >= 4 is 25.0 Å². The Bertz CT molecular complexity index is 1160. The molecule has 0 N–H and O–H groups in total. The molecule has 4 rings (SSSR count). The summed E-state index contributed by atoms with van der Waals surface area (Å²) in [5.41, 5.74) is 1.99. The van der Waals surface area contributed by atoms with Crippen LogP contribution in [0.1, 0.15) is 97.3 Å². The standard InChI is InChI=1S/C38H56O5Si/c1-6-7-9-16-28(2)22-23-33(39)38-32-27-35(44(4,5)31-18-10-8-11-19-31)29(17-12-13-20-36(40)41-3)25-30(32)26-34(38)43-37-21-14-15-24-42-37/h8,10-11,17-19,28,30,32,34-35,37-38H,6,12-16,20-27H2,1-5H3/t28?,30-,32+,34-,35-,37?,38-/m1/s1. The zero-order valence-electron chi connectivity index (χ0n) is 27.9. The van der Waals surface area contributed by atoms with E-state index in [-0.39, 0.29) is 24.3 Å². The monoisotopic (exact) mass is 620 g/mol. The molecule has 3 aliphatic rings. The molecule has 2 saturated carbocycles. The highest BCUT2D eigenvalue weighted by Crippen LogP contribution is 2.55. The van der Waals surface area contributed by atoms with Crippen LogP contribution in [0.2, 0.25) is 18.6 Å². The van der Waals surface area contributed by atoms with Gasteiger partial charge in [-0.05, 0) is 81.1 Å². The molecule has 0 radical (unpaired) electrons. The predicted octanol–water partition coefficient (Wildman–Crippen LogP) is 7.99. The molecule has 0 bridgehead atoms. The molecule has 242 valence electrons. The number of hydrogen-bond donors (Lipinski definition) is 0. The number of carbonyl (C=O) groups is 2. The van der Waals surface area contributed by atoms with Gasteiger partial charge < -0.3 is 14.2 Å². The summed E-state index contributed by atoms with van der Waals surface area (Å²) in [5.74, 6) is 7.83. The van der Waals surface area contributed by atoms with Gasteiger partial charge >= 0.3 is 5.97 Å². The van der Waals surface area contributed by atoms with Crippen molar-refractivity contribution in [2.24, 2.45) is 23.7 Å². The van der Waals surface area contributed by atoms with Gasteiger partial charge in [-0.3, -0.25) is 9.59 Å². The number of Topliss-reactive ketones (excluding diaryl/α,β-unsaturated/α-hetero) is 1. The third-order valence-corrected chi connectivity index (χ3v) is 14.7. The van der Waals surface area contributed by atoms with Crippen molar-refractivity contribution in [2.45, 2.75) is 128 Å². The van der Waals surface area contributed by atoms with E-state index in [4.69, 9.17) is 14.2 Å². The van der Waals surface area contributed by atoms with Crippen LogP contribution in [0.5, 0.6) is 0 Å². The van der Waals surface area contributed by atoms with Crippen molar-refractivity contribution in [1.82, 2.24) is 0 Å². The number of ketones is 1.